The summed E-state index contributed by atoms with van der Waals surface area (Å²) in [6.07, 6.45) is 3.31. The van der Waals surface area contributed by atoms with Crippen molar-refractivity contribution >= 4 is 34.2 Å². The van der Waals surface area contributed by atoms with Gasteiger partial charge in [-0.15, -0.1) is 0 Å². The molecule has 0 atom stereocenters. The van der Waals surface area contributed by atoms with Crippen LogP contribution < -0.4 is 10.2 Å². The molecule has 200 valence electrons. The molecule has 1 N–H and O–H groups in total. The van der Waals surface area contributed by atoms with Crippen LogP contribution in [0.2, 0.25) is 0 Å². The molecule has 0 spiro atoms. The Bertz CT molecular complexity index is 1700. The predicted molar refractivity (Wildman–Crippen MR) is 153 cm³/mol. The van der Waals surface area contributed by atoms with Crippen molar-refractivity contribution in [3.8, 4) is 17.1 Å². The molecule has 1 aliphatic rings. The highest BCUT2D eigenvalue weighted by Crippen LogP contribution is 2.27. The number of benzene rings is 2. The van der Waals surface area contributed by atoms with Crippen LogP contribution in [0.25, 0.3) is 28.1 Å². The number of hydrogen-bond donors (Lipinski definition) is 1. The molecule has 2 amide bonds. The zero-order valence-corrected chi connectivity index (χ0v) is 22.3. The van der Waals surface area contributed by atoms with E-state index in [-0.39, 0.29) is 17.5 Å². The minimum absolute atomic E-state index is 0.107. The van der Waals surface area contributed by atoms with Crippen LogP contribution in [0.3, 0.4) is 0 Å². The highest BCUT2D eigenvalue weighted by atomic mass is 16.2. The molecule has 40 heavy (non-hydrogen) atoms. The van der Waals surface area contributed by atoms with Gasteiger partial charge >= 0.3 is 0 Å². The number of carbonyl (C=O) groups is 2. The number of aromatic nitrogens is 5. The summed E-state index contributed by atoms with van der Waals surface area (Å²) < 4.78 is 1.68. The first-order valence-electron chi connectivity index (χ1n) is 13.1. The molecule has 6 rings (SSSR count). The molecule has 0 bridgehead atoms. The van der Waals surface area contributed by atoms with Crippen LogP contribution in [-0.2, 0) is 4.79 Å². The molecule has 3 aromatic heterocycles. The van der Waals surface area contributed by atoms with E-state index in [1.54, 1.807) is 30.1 Å². The lowest BCUT2D eigenvalue weighted by atomic mass is 10.1. The first kappa shape index (κ1) is 25.2. The average Bonchev–Trinajstić information content (AvgIpc) is 3.43. The number of nitrogens with one attached hydrogen (secondary N) is 1. The lowest BCUT2D eigenvalue weighted by Gasteiger charge is -2.35. The van der Waals surface area contributed by atoms with Crippen molar-refractivity contribution in [1.29, 1.82) is 0 Å². The molecule has 1 fully saturated rings. The van der Waals surface area contributed by atoms with Crippen molar-refractivity contribution in [2.75, 3.05) is 36.4 Å². The van der Waals surface area contributed by atoms with E-state index in [1.807, 2.05) is 72.5 Å². The predicted octanol–water partition coefficient (Wildman–Crippen LogP) is 4.11. The van der Waals surface area contributed by atoms with Gasteiger partial charge < -0.3 is 15.1 Å². The summed E-state index contributed by atoms with van der Waals surface area (Å²) in [4.78, 5) is 42.4. The summed E-state index contributed by atoms with van der Waals surface area (Å²) >= 11 is 0. The number of aryl methyl sites for hydroxylation is 1. The normalized spacial score (nSPS) is 13.4. The Hall–Kier alpha value is -5.12. The summed E-state index contributed by atoms with van der Waals surface area (Å²) in [5.41, 5.74) is 5.93. The lowest BCUT2D eigenvalue weighted by molar-refractivity contribution is -0.129. The summed E-state index contributed by atoms with van der Waals surface area (Å²) in [5.74, 6) is 0.398. The fourth-order valence-electron chi connectivity index (χ4n) is 4.87. The maximum absolute atomic E-state index is 13.3. The molecule has 1 saturated heterocycles. The Balaban J connectivity index is 1.26. The molecule has 1 aliphatic heterocycles. The quantitative estimate of drug-likeness (QED) is 0.363. The van der Waals surface area contributed by atoms with Crippen molar-refractivity contribution in [2.24, 2.45) is 0 Å². The number of rotatable bonds is 5. The van der Waals surface area contributed by atoms with Crippen LogP contribution in [0.15, 0.2) is 79.1 Å². The molecule has 10 heteroatoms. The van der Waals surface area contributed by atoms with Crippen LogP contribution in [0, 0.1) is 6.92 Å². The topological polar surface area (TPSA) is 109 Å². The number of carbonyl (C=O) groups excluding carboxylic acids is 2. The van der Waals surface area contributed by atoms with Crippen LogP contribution in [-0.4, -0.2) is 67.6 Å². The van der Waals surface area contributed by atoms with Crippen LogP contribution in [0.1, 0.15) is 23.1 Å². The third-order valence-corrected chi connectivity index (χ3v) is 7.01. The summed E-state index contributed by atoms with van der Waals surface area (Å²) in [6, 6.07) is 21.0. The van der Waals surface area contributed by atoms with Gasteiger partial charge in [-0.05, 0) is 61.5 Å². The van der Waals surface area contributed by atoms with E-state index < -0.39 is 0 Å². The number of nitrogens with zero attached hydrogens (tertiary/aromatic N) is 7. The molecule has 0 radical (unpaired) electrons. The zero-order valence-electron chi connectivity index (χ0n) is 22.3. The fourth-order valence-corrected chi connectivity index (χ4v) is 4.87. The first-order valence-corrected chi connectivity index (χ1v) is 13.1. The molecule has 4 heterocycles. The van der Waals surface area contributed by atoms with Crippen LogP contribution in [0.4, 0.5) is 11.4 Å². The van der Waals surface area contributed by atoms with Crippen molar-refractivity contribution in [3.63, 3.8) is 0 Å². The monoisotopic (exact) mass is 532 g/mol. The number of fused-ring (bicyclic) bond motifs is 1. The second kappa shape index (κ2) is 10.6. The lowest BCUT2D eigenvalue weighted by Crippen LogP contribution is -2.48. The van der Waals surface area contributed by atoms with Gasteiger partial charge in [-0.1, -0.05) is 12.1 Å². The first-order chi connectivity index (χ1) is 19.4. The Morgan fingerprint density at radius 1 is 0.850 bits per heavy atom. The zero-order chi connectivity index (χ0) is 27.6. The van der Waals surface area contributed by atoms with E-state index in [0.717, 1.165) is 46.8 Å². The second-order valence-corrected chi connectivity index (χ2v) is 9.72. The number of amides is 2. The van der Waals surface area contributed by atoms with Crippen LogP contribution in [0.5, 0.6) is 0 Å². The van der Waals surface area contributed by atoms with E-state index in [1.165, 1.54) is 0 Å². The van der Waals surface area contributed by atoms with Gasteiger partial charge in [-0.2, -0.15) is 5.10 Å². The molecule has 0 saturated carbocycles. The van der Waals surface area contributed by atoms with Crippen molar-refractivity contribution in [3.05, 3.63) is 90.5 Å². The molecule has 0 aliphatic carbocycles. The van der Waals surface area contributed by atoms with E-state index in [2.05, 4.69) is 30.3 Å². The maximum Gasteiger partial charge on any atom is 0.276 e. The fraction of sp³-hybridized carbons (Fsp3) is 0.200. The smallest absolute Gasteiger partial charge is 0.276 e. The molecule has 10 nitrogen and oxygen atoms in total. The van der Waals surface area contributed by atoms with E-state index in [0.29, 0.717) is 24.6 Å². The summed E-state index contributed by atoms with van der Waals surface area (Å²) in [5, 5.41) is 7.62. The van der Waals surface area contributed by atoms with Crippen molar-refractivity contribution in [2.45, 2.75) is 13.8 Å². The summed E-state index contributed by atoms with van der Waals surface area (Å²) in [7, 11) is 0. The molecule has 5 aromatic rings. The van der Waals surface area contributed by atoms with E-state index >= 15 is 0 Å². The molecule has 2 aromatic carbocycles. The van der Waals surface area contributed by atoms with Gasteiger partial charge in [0.05, 0.1) is 16.7 Å². The number of anilines is 2. The Labute approximate surface area is 231 Å². The Kier molecular flexibility index (Phi) is 6.65. The number of pyridine rings is 1. The number of piperazine rings is 1. The minimum Gasteiger partial charge on any atom is -0.368 e. The standard InChI is InChI=1S/C30H28N8O2/c1-20-4-3-5-29(33-20)38-28(22-6-11-25-26(18-22)32-13-12-31-25)19-27(35-38)30(40)34-23-7-9-24(10-8-23)37-16-14-36(15-17-37)21(2)39/h3-13,18-19H,14-17H2,1-2H3,(H,34,40). The SMILES string of the molecule is CC(=O)N1CCN(c2ccc(NC(=O)c3cc(-c4ccc5nccnc5c4)n(-c4cccc(C)n4)n3)cc2)CC1. The Morgan fingerprint density at radius 2 is 1.60 bits per heavy atom. The molecule has 0 unspecified atom stereocenters. The van der Waals surface area contributed by atoms with Gasteiger partial charge in [0.15, 0.2) is 11.5 Å². The van der Waals surface area contributed by atoms with Gasteiger partial charge in [-0.25, -0.2) is 9.67 Å². The minimum atomic E-state index is -0.323. The van der Waals surface area contributed by atoms with Gasteiger partial charge in [0.2, 0.25) is 5.91 Å². The third-order valence-electron chi connectivity index (χ3n) is 7.01. The summed E-state index contributed by atoms with van der Waals surface area (Å²) in [6.45, 7) is 6.49. The third kappa shape index (κ3) is 5.11. The second-order valence-electron chi connectivity index (χ2n) is 9.72. The van der Waals surface area contributed by atoms with E-state index in [4.69, 9.17) is 0 Å². The van der Waals surface area contributed by atoms with Gasteiger partial charge in [-0.3, -0.25) is 19.6 Å². The van der Waals surface area contributed by atoms with Gasteiger partial charge in [0, 0.05) is 68.1 Å². The average molecular weight is 533 g/mol. The van der Waals surface area contributed by atoms with Crippen molar-refractivity contribution in [1.82, 2.24) is 29.6 Å². The Morgan fingerprint density at radius 3 is 2.33 bits per heavy atom. The number of hydrogen-bond acceptors (Lipinski definition) is 7. The highest BCUT2D eigenvalue weighted by molar-refractivity contribution is 6.03. The highest BCUT2D eigenvalue weighted by Gasteiger charge is 2.20. The van der Waals surface area contributed by atoms with Crippen LogP contribution >= 0.6 is 0 Å². The van der Waals surface area contributed by atoms with Gasteiger partial charge in [0.1, 0.15) is 0 Å². The van der Waals surface area contributed by atoms with Gasteiger partial charge in [0.25, 0.3) is 5.91 Å². The largest absolute Gasteiger partial charge is 0.368 e. The van der Waals surface area contributed by atoms with Crippen molar-refractivity contribution < 1.29 is 9.59 Å². The molecular weight excluding hydrogens is 504 g/mol. The van der Waals surface area contributed by atoms with E-state index in [9.17, 15) is 9.59 Å². The molecular formula is C30H28N8O2. The maximum atomic E-state index is 13.3.